The van der Waals surface area contributed by atoms with E-state index in [-0.39, 0.29) is 5.75 Å². The molecule has 1 aliphatic heterocycles. The van der Waals surface area contributed by atoms with Crippen LogP contribution in [0.5, 0.6) is 11.6 Å². The van der Waals surface area contributed by atoms with Gasteiger partial charge in [0.25, 0.3) is 0 Å². The fraction of sp³-hybridized carbons (Fsp3) is 0.391. The number of aromatic hydroxyl groups is 1. The zero-order valence-corrected chi connectivity index (χ0v) is 17.7. The zero-order chi connectivity index (χ0) is 21.4. The summed E-state index contributed by atoms with van der Waals surface area (Å²) in [6, 6.07) is 11.6. The summed E-state index contributed by atoms with van der Waals surface area (Å²) in [4.78, 5) is 2.27. The maximum Gasteiger partial charge on any atom is 0.233 e. The van der Waals surface area contributed by atoms with Crippen molar-refractivity contribution in [3.05, 3.63) is 42.6 Å². The molecule has 0 amide bonds. The topological polar surface area (TPSA) is 96.3 Å². The van der Waals surface area contributed by atoms with Crippen molar-refractivity contribution in [3.8, 4) is 34.0 Å². The molecule has 2 fully saturated rings. The average molecular weight is 419 g/mol. The molecule has 2 N–H and O–H groups in total. The molecule has 2 aliphatic rings. The predicted octanol–water partition coefficient (Wildman–Crippen LogP) is 3.04. The van der Waals surface area contributed by atoms with E-state index in [1.165, 1.54) is 12.8 Å². The van der Waals surface area contributed by atoms with Crippen LogP contribution in [0.3, 0.4) is 0 Å². The summed E-state index contributed by atoms with van der Waals surface area (Å²) >= 11 is 0. The molecular weight excluding hydrogens is 392 g/mol. The Morgan fingerprint density at radius 3 is 2.68 bits per heavy atom. The van der Waals surface area contributed by atoms with E-state index < -0.39 is 0 Å². The summed E-state index contributed by atoms with van der Waals surface area (Å²) < 4.78 is 5.12. The molecular formula is C23H26N6O2. The third-order valence-corrected chi connectivity index (χ3v) is 6.16. The number of methoxy groups -OCH3 is 1. The lowest BCUT2D eigenvalue weighted by molar-refractivity contribution is 0.392. The van der Waals surface area contributed by atoms with E-state index >= 15 is 0 Å². The van der Waals surface area contributed by atoms with Gasteiger partial charge in [0.15, 0.2) is 5.82 Å². The van der Waals surface area contributed by atoms with E-state index in [0.717, 1.165) is 36.5 Å². The van der Waals surface area contributed by atoms with Crippen LogP contribution in [-0.4, -0.2) is 57.3 Å². The summed E-state index contributed by atoms with van der Waals surface area (Å²) in [5, 5.41) is 31.0. The molecule has 31 heavy (non-hydrogen) atoms. The number of benzene rings is 1. The molecule has 160 valence electrons. The first kappa shape index (κ1) is 19.7. The Morgan fingerprint density at radius 1 is 1.10 bits per heavy atom. The van der Waals surface area contributed by atoms with Crippen LogP contribution in [0.2, 0.25) is 0 Å². The van der Waals surface area contributed by atoms with Crippen molar-refractivity contribution in [3.63, 3.8) is 0 Å². The van der Waals surface area contributed by atoms with Crippen molar-refractivity contribution in [1.29, 1.82) is 0 Å². The Hall–Kier alpha value is -3.26. The number of nitrogens with one attached hydrogen (secondary N) is 1. The van der Waals surface area contributed by atoms with Gasteiger partial charge in [-0.1, -0.05) is 6.07 Å². The highest BCUT2D eigenvalue weighted by molar-refractivity contribution is 5.74. The molecule has 3 heterocycles. The van der Waals surface area contributed by atoms with Gasteiger partial charge in [0.1, 0.15) is 5.75 Å². The number of nitrogens with zero attached hydrogens (tertiary/aromatic N) is 5. The maximum absolute atomic E-state index is 10.6. The van der Waals surface area contributed by atoms with Crippen LogP contribution >= 0.6 is 0 Å². The highest BCUT2D eigenvalue weighted by Crippen LogP contribution is 2.36. The number of phenolic OH excluding ortho intramolecular Hbond substituents is 1. The minimum Gasteiger partial charge on any atom is -0.507 e. The molecule has 2 aromatic heterocycles. The minimum atomic E-state index is 0.137. The SMILES string of the molecule is COc1cc(-c2ccc(-c3ccc(N4CCC(NC5(C)CC5)C4)nn3)c(O)c2)cnn1. The van der Waals surface area contributed by atoms with Crippen LogP contribution in [0.15, 0.2) is 42.6 Å². The molecule has 1 saturated carbocycles. The lowest BCUT2D eigenvalue weighted by Crippen LogP contribution is -2.40. The minimum absolute atomic E-state index is 0.137. The monoisotopic (exact) mass is 418 g/mol. The number of hydrogen-bond donors (Lipinski definition) is 2. The summed E-state index contributed by atoms with van der Waals surface area (Å²) in [7, 11) is 1.54. The second-order valence-electron chi connectivity index (χ2n) is 8.63. The highest BCUT2D eigenvalue weighted by atomic mass is 16.5. The molecule has 0 spiro atoms. The maximum atomic E-state index is 10.6. The second kappa shape index (κ2) is 7.77. The fourth-order valence-electron chi connectivity index (χ4n) is 4.08. The number of ether oxygens (including phenoxy) is 1. The van der Waals surface area contributed by atoms with Gasteiger partial charge in [-0.25, -0.2) is 0 Å². The number of rotatable bonds is 6. The Morgan fingerprint density at radius 2 is 1.97 bits per heavy atom. The lowest BCUT2D eigenvalue weighted by atomic mass is 10.0. The Bertz CT molecular complexity index is 1080. The third-order valence-electron chi connectivity index (χ3n) is 6.16. The lowest BCUT2D eigenvalue weighted by Gasteiger charge is -2.20. The second-order valence-corrected chi connectivity index (χ2v) is 8.63. The first-order chi connectivity index (χ1) is 15.0. The fourth-order valence-corrected chi connectivity index (χ4v) is 4.08. The molecule has 1 atom stereocenters. The van der Waals surface area contributed by atoms with E-state index in [1.54, 1.807) is 25.4 Å². The number of hydrogen-bond acceptors (Lipinski definition) is 8. The van der Waals surface area contributed by atoms with Gasteiger partial charge >= 0.3 is 0 Å². The molecule has 1 aliphatic carbocycles. The van der Waals surface area contributed by atoms with Crippen molar-refractivity contribution in [2.75, 3.05) is 25.1 Å². The van der Waals surface area contributed by atoms with Crippen LogP contribution in [-0.2, 0) is 0 Å². The van der Waals surface area contributed by atoms with Gasteiger partial charge in [-0.3, -0.25) is 0 Å². The van der Waals surface area contributed by atoms with Gasteiger partial charge in [0.2, 0.25) is 5.88 Å². The molecule has 1 aromatic carbocycles. The van der Waals surface area contributed by atoms with Crippen LogP contribution in [0.4, 0.5) is 5.82 Å². The normalized spacial score (nSPS) is 19.4. The van der Waals surface area contributed by atoms with E-state index in [1.807, 2.05) is 24.3 Å². The average Bonchev–Trinajstić information content (AvgIpc) is 3.34. The molecule has 0 bridgehead atoms. The molecule has 5 rings (SSSR count). The number of aromatic nitrogens is 4. The van der Waals surface area contributed by atoms with Gasteiger partial charge in [-0.05, 0) is 56.0 Å². The third kappa shape index (κ3) is 4.16. The molecule has 1 unspecified atom stereocenters. The van der Waals surface area contributed by atoms with Gasteiger partial charge in [-0.15, -0.1) is 15.3 Å². The van der Waals surface area contributed by atoms with Crippen LogP contribution in [0, 0.1) is 0 Å². The van der Waals surface area contributed by atoms with Gasteiger partial charge in [0, 0.05) is 41.9 Å². The quantitative estimate of drug-likeness (QED) is 0.631. The van der Waals surface area contributed by atoms with Crippen molar-refractivity contribution < 1.29 is 9.84 Å². The Kier molecular flexibility index (Phi) is 4.94. The van der Waals surface area contributed by atoms with E-state index in [2.05, 4.69) is 37.5 Å². The summed E-state index contributed by atoms with van der Waals surface area (Å²) in [6.07, 6.45) is 5.29. The summed E-state index contributed by atoms with van der Waals surface area (Å²) in [5.41, 5.74) is 3.25. The van der Waals surface area contributed by atoms with E-state index in [0.29, 0.717) is 28.7 Å². The molecule has 1 saturated heterocycles. The summed E-state index contributed by atoms with van der Waals surface area (Å²) in [6.45, 7) is 4.22. The first-order valence-corrected chi connectivity index (χ1v) is 10.6. The number of anilines is 1. The largest absolute Gasteiger partial charge is 0.507 e. The Labute approximate surface area is 181 Å². The standard InChI is InChI=1S/C23H26N6O2/c1-23(8-9-23)25-17-7-10-29(14-17)21-6-5-19(26-27-21)18-4-3-15(11-20(18)30)16-12-22(31-2)28-24-13-16/h3-6,11-13,17,25,30H,7-10,14H2,1-2H3. The smallest absolute Gasteiger partial charge is 0.233 e. The van der Waals surface area contributed by atoms with Crippen molar-refractivity contribution in [2.24, 2.45) is 0 Å². The van der Waals surface area contributed by atoms with Crippen LogP contribution < -0.4 is 15.0 Å². The van der Waals surface area contributed by atoms with E-state index in [9.17, 15) is 5.11 Å². The van der Waals surface area contributed by atoms with Gasteiger partial charge < -0.3 is 20.1 Å². The molecule has 3 aromatic rings. The number of phenols is 1. The molecule has 8 nitrogen and oxygen atoms in total. The van der Waals surface area contributed by atoms with Crippen molar-refractivity contribution in [2.45, 2.75) is 37.8 Å². The van der Waals surface area contributed by atoms with Gasteiger partial charge in [0.05, 0.1) is 19.0 Å². The van der Waals surface area contributed by atoms with Crippen molar-refractivity contribution in [1.82, 2.24) is 25.7 Å². The zero-order valence-electron chi connectivity index (χ0n) is 17.7. The van der Waals surface area contributed by atoms with Crippen molar-refractivity contribution >= 4 is 5.82 Å². The molecule has 0 radical (unpaired) electrons. The highest BCUT2D eigenvalue weighted by Gasteiger charge is 2.40. The van der Waals surface area contributed by atoms with Crippen LogP contribution in [0.25, 0.3) is 22.4 Å². The Balaban J connectivity index is 1.30. The predicted molar refractivity (Wildman–Crippen MR) is 118 cm³/mol. The van der Waals surface area contributed by atoms with Gasteiger partial charge in [-0.2, -0.15) is 5.10 Å². The first-order valence-electron chi connectivity index (χ1n) is 10.6. The van der Waals surface area contributed by atoms with Crippen LogP contribution in [0.1, 0.15) is 26.2 Å². The van der Waals surface area contributed by atoms with E-state index in [4.69, 9.17) is 4.74 Å². The summed E-state index contributed by atoms with van der Waals surface area (Å²) in [5.74, 6) is 1.44. The molecule has 8 heteroatoms.